The van der Waals surface area contributed by atoms with Crippen LogP contribution in [0.5, 0.6) is 0 Å². The number of hydrogen-bond donors (Lipinski definition) is 1. The minimum atomic E-state index is -0.950. The van der Waals surface area contributed by atoms with Gasteiger partial charge in [-0.05, 0) is 18.8 Å². The van der Waals surface area contributed by atoms with E-state index in [1.807, 2.05) is 0 Å². The van der Waals surface area contributed by atoms with Crippen LogP contribution in [0, 0.1) is 17.8 Å². The normalized spacial score (nSPS) is 28.2. The third-order valence-corrected chi connectivity index (χ3v) is 5.81. The standard InChI is InChI=1S/C12H13N3O4S2/c1-5-2-6-7(3-5)10(19)15(9(6)18)11-13-14-12(21-11)20-4-8(16)17/h5-7H,2-4H2,1H3,(H,16,17). The van der Waals surface area contributed by atoms with Crippen molar-refractivity contribution in [1.82, 2.24) is 10.2 Å². The van der Waals surface area contributed by atoms with E-state index in [0.717, 1.165) is 40.8 Å². The van der Waals surface area contributed by atoms with E-state index in [0.29, 0.717) is 10.3 Å². The summed E-state index contributed by atoms with van der Waals surface area (Å²) in [6, 6.07) is 0. The highest BCUT2D eigenvalue weighted by Gasteiger charge is 2.53. The zero-order valence-corrected chi connectivity index (χ0v) is 12.8. The van der Waals surface area contributed by atoms with Gasteiger partial charge in [0.25, 0.3) is 0 Å². The number of anilines is 1. The number of carboxylic acids is 1. The Labute approximate surface area is 128 Å². The first-order chi connectivity index (χ1) is 9.97. The van der Waals surface area contributed by atoms with Crippen molar-refractivity contribution in [2.75, 3.05) is 10.7 Å². The number of imide groups is 1. The quantitative estimate of drug-likeness (QED) is 0.504. The number of hydrogen-bond acceptors (Lipinski definition) is 7. The van der Waals surface area contributed by atoms with Gasteiger partial charge in [-0.3, -0.25) is 14.4 Å². The van der Waals surface area contributed by atoms with Crippen molar-refractivity contribution >= 4 is 46.0 Å². The predicted molar refractivity (Wildman–Crippen MR) is 76.1 cm³/mol. The first-order valence-corrected chi connectivity index (χ1v) is 8.33. The first kappa shape index (κ1) is 14.5. The number of carboxylic acid groups (broad SMARTS) is 1. The largest absolute Gasteiger partial charge is 0.481 e. The minimum Gasteiger partial charge on any atom is -0.481 e. The molecule has 0 bridgehead atoms. The number of carbonyl (C=O) groups excluding carboxylic acids is 2. The Morgan fingerprint density at radius 2 is 1.95 bits per heavy atom. The van der Waals surface area contributed by atoms with Crippen molar-refractivity contribution in [2.24, 2.45) is 17.8 Å². The third kappa shape index (κ3) is 2.55. The van der Waals surface area contributed by atoms with Gasteiger partial charge in [0, 0.05) is 0 Å². The molecule has 2 amide bonds. The third-order valence-electron chi connectivity index (χ3n) is 3.78. The fraction of sp³-hybridized carbons (Fsp3) is 0.583. The summed E-state index contributed by atoms with van der Waals surface area (Å²) in [5.74, 6) is -1.53. The molecule has 1 aromatic rings. The van der Waals surface area contributed by atoms with E-state index >= 15 is 0 Å². The van der Waals surface area contributed by atoms with Gasteiger partial charge in [0.1, 0.15) is 0 Å². The maximum atomic E-state index is 12.4. The van der Waals surface area contributed by atoms with Gasteiger partial charge in [-0.1, -0.05) is 30.0 Å². The fourth-order valence-corrected chi connectivity index (χ4v) is 4.51. The van der Waals surface area contributed by atoms with Crippen LogP contribution in [-0.2, 0) is 14.4 Å². The maximum absolute atomic E-state index is 12.4. The molecule has 9 heteroatoms. The summed E-state index contributed by atoms with van der Waals surface area (Å²) in [5, 5.41) is 16.6. The van der Waals surface area contributed by atoms with Crippen LogP contribution >= 0.6 is 23.1 Å². The summed E-state index contributed by atoms with van der Waals surface area (Å²) < 4.78 is 0.443. The van der Waals surface area contributed by atoms with E-state index in [1.165, 1.54) is 0 Å². The highest BCUT2D eigenvalue weighted by molar-refractivity contribution is 8.01. The van der Waals surface area contributed by atoms with Crippen LogP contribution in [0.1, 0.15) is 19.8 Å². The minimum absolute atomic E-state index is 0.126. The molecular weight excluding hydrogens is 314 g/mol. The number of rotatable bonds is 4. The average molecular weight is 327 g/mol. The van der Waals surface area contributed by atoms with Crippen molar-refractivity contribution in [3.05, 3.63) is 0 Å². The predicted octanol–water partition coefficient (Wildman–Crippen LogP) is 1.25. The molecule has 0 radical (unpaired) electrons. The summed E-state index contributed by atoms with van der Waals surface area (Å²) in [6.45, 7) is 2.05. The highest BCUT2D eigenvalue weighted by Crippen LogP contribution is 2.45. The molecule has 2 aliphatic rings. The lowest BCUT2D eigenvalue weighted by molar-refractivity contribution is -0.134. The van der Waals surface area contributed by atoms with Crippen LogP contribution < -0.4 is 4.90 Å². The highest BCUT2D eigenvalue weighted by atomic mass is 32.2. The summed E-state index contributed by atoms with van der Waals surface area (Å²) in [6.07, 6.45) is 1.48. The molecule has 2 unspecified atom stereocenters. The second-order valence-corrected chi connectivity index (χ2v) is 7.51. The lowest BCUT2D eigenvalue weighted by atomic mass is 10.00. The molecule has 1 saturated carbocycles. The van der Waals surface area contributed by atoms with Gasteiger partial charge >= 0.3 is 5.97 Å². The zero-order chi connectivity index (χ0) is 15.1. The molecule has 2 heterocycles. The van der Waals surface area contributed by atoms with E-state index in [2.05, 4.69) is 17.1 Å². The monoisotopic (exact) mass is 327 g/mol. The Hall–Kier alpha value is -1.48. The van der Waals surface area contributed by atoms with E-state index in [1.54, 1.807) is 0 Å². The summed E-state index contributed by atoms with van der Waals surface area (Å²) in [5.41, 5.74) is 0. The Bertz CT molecular complexity index is 593. The number of amides is 2. The molecule has 1 saturated heterocycles. The molecule has 2 fully saturated rings. The Morgan fingerprint density at radius 3 is 2.52 bits per heavy atom. The van der Waals surface area contributed by atoms with E-state index in [9.17, 15) is 14.4 Å². The van der Waals surface area contributed by atoms with Gasteiger partial charge < -0.3 is 5.11 Å². The van der Waals surface area contributed by atoms with E-state index in [-0.39, 0.29) is 34.5 Å². The van der Waals surface area contributed by atoms with Crippen LogP contribution in [0.25, 0.3) is 0 Å². The van der Waals surface area contributed by atoms with Crippen molar-refractivity contribution in [3.8, 4) is 0 Å². The van der Waals surface area contributed by atoms with Crippen LogP contribution in [0.15, 0.2) is 4.34 Å². The summed E-state index contributed by atoms with van der Waals surface area (Å²) >= 11 is 2.11. The zero-order valence-electron chi connectivity index (χ0n) is 11.2. The number of nitrogens with zero attached hydrogens (tertiary/aromatic N) is 3. The van der Waals surface area contributed by atoms with Crippen molar-refractivity contribution in [2.45, 2.75) is 24.1 Å². The smallest absolute Gasteiger partial charge is 0.313 e. The summed E-state index contributed by atoms with van der Waals surface area (Å²) in [7, 11) is 0. The van der Waals surface area contributed by atoms with Crippen LogP contribution in [-0.4, -0.2) is 38.8 Å². The van der Waals surface area contributed by atoms with Gasteiger partial charge in [-0.25, -0.2) is 4.90 Å². The number of aliphatic carboxylic acids is 1. The van der Waals surface area contributed by atoms with Crippen LogP contribution in [0.3, 0.4) is 0 Å². The molecule has 0 aromatic carbocycles. The lowest BCUT2D eigenvalue weighted by Crippen LogP contribution is -2.32. The molecule has 21 heavy (non-hydrogen) atoms. The lowest BCUT2D eigenvalue weighted by Gasteiger charge is -2.12. The number of thioether (sulfide) groups is 1. The van der Waals surface area contributed by atoms with Crippen LogP contribution in [0.4, 0.5) is 5.13 Å². The van der Waals surface area contributed by atoms with Crippen molar-refractivity contribution < 1.29 is 19.5 Å². The molecule has 112 valence electrons. The average Bonchev–Trinajstić information content (AvgIpc) is 3.07. The molecule has 1 aliphatic carbocycles. The molecule has 7 nitrogen and oxygen atoms in total. The Balaban J connectivity index is 1.77. The molecule has 2 atom stereocenters. The molecule has 1 aliphatic heterocycles. The topological polar surface area (TPSA) is 100 Å². The second-order valence-electron chi connectivity index (χ2n) is 5.33. The molecule has 3 rings (SSSR count). The molecule has 0 spiro atoms. The molecular formula is C12H13N3O4S2. The van der Waals surface area contributed by atoms with Gasteiger partial charge in [0.2, 0.25) is 16.9 Å². The first-order valence-electron chi connectivity index (χ1n) is 6.53. The van der Waals surface area contributed by atoms with Crippen molar-refractivity contribution in [1.29, 1.82) is 0 Å². The van der Waals surface area contributed by atoms with Gasteiger partial charge in [-0.2, -0.15) is 0 Å². The number of fused-ring (bicyclic) bond motifs is 1. The molecule has 1 N–H and O–H groups in total. The fourth-order valence-electron chi connectivity index (χ4n) is 2.94. The second kappa shape index (κ2) is 5.38. The Kier molecular flexibility index (Phi) is 3.70. The maximum Gasteiger partial charge on any atom is 0.313 e. The summed E-state index contributed by atoms with van der Waals surface area (Å²) in [4.78, 5) is 36.4. The number of aromatic nitrogens is 2. The molecule has 1 aromatic heterocycles. The number of carbonyl (C=O) groups is 3. The van der Waals surface area contributed by atoms with E-state index in [4.69, 9.17) is 5.11 Å². The van der Waals surface area contributed by atoms with Crippen molar-refractivity contribution in [3.63, 3.8) is 0 Å². The SMILES string of the molecule is CC1CC2C(=O)N(c3nnc(SCC(=O)O)s3)C(=O)C2C1. The van der Waals surface area contributed by atoms with Gasteiger partial charge in [-0.15, -0.1) is 10.2 Å². The van der Waals surface area contributed by atoms with Gasteiger partial charge in [0.05, 0.1) is 17.6 Å². The Morgan fingerprint density at radius 1 is 1.33 bits per heavy atom. The van der Waals surface area contributed by atoms with Crippen LogP contribution in [0.2, 0.25) is 0 Å². The van der Waals surface area contributed by atoms with E-state index < -0.39 is 5.97 Å². The van der Waals surface area contributed by atoms with Gasteiger partial charge in [0.15, 0.2) is 4.34 Å².